The van der Waals surface area contributed by atoms with Gasteiger partial charge in [-0.1, -0.05) is 48.5 Å². The molecule has 1 saturated carbocycles. The normalized spacial score (nSPS) is 19.7. The third kappa shape index (κ3) is 2.71. The number of rotatable bonds is 4. The number of aromatic amines is 1. The van der Waals surface area contributed by atoms with Crippen molar-refractivity contribution < 1.29 is 4.79 Å². The number of benzene rings is 2. The average molecular weight is 317 g/mol. The fourth-order valence-corrected chi connectivity index (χ4v) is 3.26. The second kappa shape index (κ2) is 5.96. The number of carbonyl (C=O) groups is 1. The fraction of sp³-hybridized carbons (Fsp3) is 0.200. The first-order chi connectivity index (χ1) is 11.7. The van der Waals surface area contributed by atoms with E-state index in [0.717, 1.165) is 28.6 Å². The zero-order chi connectivity index (χ0) is 16.5. The molecule has 0 saturated heterocycles. The molecule has 1 aromatic heterocycles. The van der Waals surface area contributed by atoms with Crippen LogP contribution in [0.5, 0.6) is 0 Å². The Balaban J connectivity index is 1.43. The lowest BCUT2D eigenvalue weighted by Gasteiger charge is -2.00. The van der Waals surface area contributed by atoms with Crippen LogP contribution in [0.25, 0.3) is 10.9 Å². The summed E-state index contributed by atoms with van der Waals surface area (Å²) in [6.07, 6.45) is 2.63. The van der Waals surface area contributed by atoms with Gasteiger partial charge in [-0.2, -0.15) is 5.10 Å². The topological polar surface area (TPSA) is 57.2 Å². The van der Waals surface area contributed by atoms with Gasteiger partial charge in [0.1, 0.15) is 0 Å². The molecule has 2 aromatic carbocycles. The van der Waals surface area contributed by atoms with Crippen LogP contribution in [0.1, 0.15) is 29.2 Å². The third-order valence-corrected chi connectivity index (χ3v) is 4.67. The number of aryl methyl sites for hydroxylation is 1. The summed E-state index contributed by atoms with van der Waals surface area (Å²) in [4.78, 5) is 15.6. The van der Waals surface area contributed by atoms with Crippen molar-refractivity contribution in [2.45, 2.75) is 19.3 Å². The highest BCUT2D eigenvalue weighted by Gasteiger charge is 2.43. The van der Waals surface area contributed by atoms with Crippen LogP contribution in [0.15, 0.2) is 59.7 Å². The summed E-state index contributed by atoms with van der Waals surface area (Å²) in [5.41, 5.74) is 7.06. The van der Waals surface area contributed by atoms with Crippen LogP contribution in [0, 0.1) is 12.8 Å². The summed E-state index contributed by atoms with van der Waals surface area (Å²) >= 11 is 0. The molecule has 120 valence electrons. The minimum Gasteiger partial charge on any atom is -0.358 e. The molecule has 1 aliphatic rings. The maximum Gasteiger partial charge on any atom is 0.243 e. The van der Waals surface area contributed by atoms with Gasteiger partial charge in [-0.15, -0.1) is 0 Å². The molecule has 2 atom stereocenters. The lowest BCUT2D eigenvalue weighted by molar-refractivity contribution is -0.122. The van der Waals surface area contributed by atoms with Crippen molar-refractivity contribution in [3.05, 3.63) is 71.4 Å². The standard InChI is InChI=1S/C20H19N3O/c1-13-18(15-9-5-6-10-19(15)22-13)12-21-23-20(24)17-11-16(17)14-7-3-2-4-8-14/h2-10,12,16-17,22H,11H2,1H3,(H,23,24)/b21-12-/t16-,17-/m0/s1. The first-order valence-corrected chi connectivity index (χ1v) is 8.19. The minimum atomic E-state index is -0.00222. The molecule has 1 heterocycles. The summed E-state index contributed by atoms with van der Waals surface area (Å²) in [6, 6.07) is 18.3. The van der Waals surface area contributed by atoms with Gasteiger partial charge in [-0.25, -0.2) is 5.43 Å². The highest BCUT2D eigenvalue weighted by Crippen LogP contribution is 2.47. The fourth-order valence-electron chi connectivity index (χ4n) is 3.26. The van der Waals surface area contributed by atoms with Crippen LogP contribution >= 0.6 is 0 Å². The molecule has 4 rings (SSSR count). The Bertz CT molecular complexity index is 911. The van der Waals surface area contributed by atoms with E-state index in [4.69, 9.17) is 0 Å². The number of hydrogen-bond acceptors (Lipinski definition) is 2. The van der Waals surface area contributed by atoms with Crippen molar-refractivity contribution in [1.82, 2.24) is 10.4 Å². The van der Waals surface area contributed by atoms with E-state index in [2.05, 4.69) is 27.6 Å². The van der Waals surface area contributed by atoms with E-state index in [1.807, 2.05) is 49.4 Å². The smallest absolute Gasteiger partial charge is 0.243 e. The van der Waals surface area contributed by atoms with Crippen molar-refractivity contribution in [2.24, 2.45) is 11.0 Å². The Hall–Kier alpha value is -2.88. The number of fused-ring (bicyclic) bond motifs is 1. The van der Waals surface area contributed by atoms with Crippen LogP contribution in [0.2, 0.25) is 0 Å². The largest absolute Gasteiger partial charge is 0.358 e. The van der Waals surface area contributed by atoms with E-state index in [0.29, 0.717) is 5.92 Å². The summed E-state index contributed by atoms with van der Waals surface area (Å²) in [7, 11) is 0. The van der Waals surface area contributed by atoms with Gasteiger partial charge in [0, 0.05) is 28.1 Å². The number of para-hydroxylation sites is 1. The van der Waals surface area contributed by atoms with Crippen molar-refractivity contribution in [3.63, 3.8) is 0 Å². The third-order valence-electron chi connectivity index (χ3n) is 4.67. The van der Waals surface area contributed by atoms with Gasteiger partial charge in [-0.3, -0.25) is 4.79 Å². The summed E-state index contributed by atoms with van der Waals surface area (Å²) in [5.74, 6) is 0.363. The molecule has 4 nitrogen and oxygen atoms in total. The Kier molecular flexibility index (Phi) is 3.65. The monoisotopic (exact) mass is 317 g/mol. The highest BCUT2D eigenvalue weighted by molar-refractivity contribution is 6.00. The Morgan fingerprint density at radius 1 is 1.17 bits per heavy atom. The lowest BCUT2D eigenvalue weighted by Crippen LogP contribution is -2.20. The number of nitrogens with zero attached hydrogens (tertiary/aromatic N) is 1. The number of H-pyrrole nitrogens is 1. The number of aromatic nitrogens is 1. The number of hydrazone groups is 1. The van der Waals surface area contributed by atoms with Crippen LogP contribution < -0.4 is 5.43 Å². The Labute approximate surface area is 140 Å². The summed E-state index contributed by atoms with van der Waals surface area (Å²) in [5, 5.41) is 5.28. The lowest BCUT2D eigenvalue weighted by atomic mass is 10.1. The van der Waals surface area contributed by atoms with Crippen molar-refractivity contribution >= 4 is 23.0 Å². The van der Waals surface area contributed by atoms with Gasteiger partial charge in [0.2, 0.25) is 5.91 Å². The maximum atomic E-state index is 12.2. The van der Waals surface area contributed by atoms with E-state index < -0.39 is 0 Å². The van der Waals surface area contributed by atoms with Crippen molar-refractivity contribution in [3.8, 4) is 0 Å². The predicted molar refractivity (Wildman–Crippen MR) is 96.1 cm³/mol. The molecule has 24 heavy (non-hydrogen) atoms. The number of carbonyl (C=O) groups excluding carboxylic acids is 1. The molecule has 4 heteroatoms. The van der Waals surface area contributed by atoms with Gasteiger partial charge in [-0.05, 0) is 30.9 Å². The number of hydrogen-bond donors (Lipinski definition) is 2. The molecule has 2 N–H and O–H groups in total. The van der Waals surface area contributed by atoms with E-state index in [-0.39, 0.29) is 11.8 Å². The molecule has 0 bridgehead atoms. The molecule has 0 aliphatic heterocycles. The molecular formula is C20H19N3O. The van der Waals surface area contributed by atoms with Crippen LogP contribution in [0.3, 0.4) is 0 Å². The van der Waals surface area contributed by atoms with Crippen LogP contribution in [-0.2, 0) is 4.79 Å². The van der Waals surface area contributed by atoms with Gasteiger partial charge < -0.3 is 4.98 Å². The first-order valence-electron chi connectivity index (χ1n) is 8.19. The molecule has 1 fully saturated rings. The predicted octanol–water partition coefficient (Wildman–Crippen LogP) is 3.73. The SMILES string of the molecule is Cc1[nH]c2ccccc2c1/C=N\NC(=O)[C@H]1C[C@H]1c1ccccc1. The molecule has 0 unspecified atom stereocenters. The minimum absolute atomic E-state index is 0.00222. The quantitative estimate of drug-likeness (QED) is 0.559. The van der Waals surface area contributed by atoms with Crippen LogP contribution in [-0.4, -0.2) is 17.1 Å². The van der Waals surface area contributed by atoms with E-state index in [1.165, 1.54) is 5.56 Å². The Morgan fingerprint density at radius 3 is 2.75 bits per heavy atom. The van der Waals surface area contributed by atoms with Crippen LogP contribution in [0.4, 0.5) is 0 Å². The number of amides is 1. The molecule has 1 aliphatic carbocycles. The molecule has 0 radical (unpaired) electrons. The zero-order valence-corrected chi connectivity index (χ0v) is 13.5. The molecule has 3 aromatic rings. The molecular weight excluding hydrogens is 298 g/mol. The van der Waals surface area contributed by atoms with E-state index in [1.54, 1.807) is 6.21 Å². The average Bonchev–Trinajstić information content (AvgIpc) is 3.35. The zero-order valence-electron chi connectivity index (χ0n) is 13.5. The van der Waals surface area contributed by atoms with Gasteiger partial charge >= 0.3 is 0 Å². The molecule has 0 spiro atoms. The van der Waals surface area contributed by atoms with Crippen molar-refractivity contribution in [1.29, 1.82) is 0 Å². The van der Waals surface area contributed by atoms with Gasteiger partial charge in [0.15, 0.2) is 0 Å². The Morgan fingerprint density at radius 2 is 1.92 bits per heavy atom. The summed E-state index contributed by atoms with van der Waals surface area (Å²) in [6.45, 7) is 2.01. The first kappa shape index (κ1) is 14.7. The summed E-state index contributed by atoms with van der Waals surface area (Å²) < 4.78 is 0. The van der Waals surface area contributed by atoms with E-state index >= 15 is 0 Å². The van der Waals surface area contributed by atoms with Gasteiger partial charge in [0.25, 0.3) is 0 Å². The van der Waals surface area contributed by atoms with E-state index in [9.17, 15) is 4.79 Å². The van der Waals surface area contributed by atoms with Gasteiger partial charge in [0.05, 0.1) is 6.21 Å². The highest BCUT2D eigenvalue weighted by atomic mass is 16.2. The second-order valence-electron chi connectivity index (χ2n) is 6.30. The molecule has 1 amide bonds. The van der Waals surface area contributed by atoms with Crippen molar-refractivity contribution in [2.75, 3.05) is 0 Å². The number of nitrogens with one attached hydrogen (secondary N) is 2. The second-order valence-corrected chi connectivity index (χ2v) is 6.30. The maximum absolute atomic E-state index is 12.2.